The molecule has 0 amide bonds. The van der Waals surface area contributed by atoms with Gasteiger partial charge in [-0.15, -0.1) is 0 Å². The predicted octanol–water partition coefficient (Wildman–Crippen LogP) is 11.8. The van der Waals surface area contributed by atoms with Gasteiger partial charge >= 0.3 is 0 Å². The summed E-state index contributed by atoms with van der Waals surface area (Å²) in [6.07, 6.45) is 16.6. The van der Waals surface area contributed by atoms with Crippen molar-refractivity contribution >= 4 is 18.2 Å². The fourth-order valence-corrected chi connectivity index (χ4v) is 5.87. The van der Waals surface area contributed by atoms with Crippen LogP contribution >= 0.6 is 0 Å². The Bertz CT molecular complexity index is 1220. The molecule has 204 valence electrons. The van der Waals surface area contributed by atoms with Crippen LogP contribution in [0, 0.1) is 11.8 Å². The van der Waals surface area contributed by atoms with Crippen molar-refractivity contribution in [3.63, 3.8) is 0 Å². The average Bonchev–Trinajstić information content (AvgIpc) is 2.97. The highest BCUT2D eigenvalue weighted by Gasteiger charge is 2.25. The molecule has 3 aromatic rings. The van der Waals surface area contributed by atoms with Crippen molar-refractivity contribution in [2.75, 3.05) is 0 Å². The maximum atomic E-state index is 12.1. The molecule has 2 heteroatoms. The molecule has 1 atom stereocenters. The third kappa shape index (κ3) is 8.88. The molecule has 0 bridgehead atoms. The summed E-state index contributed by atoms with van der Waals surface area (Å²) in [7, 11) is 0. The van der Waals surface area contributed by atoms with Crippen molar-refractivity contribution in [1.29, 1.82) is 0 Å². The van der Waals surface area contributed by atoms with E-state index in [1.807, 2.05) is 24.3 Å². The van der Waals surface area contributed by atoms with Crippen LogP contribution in [0.15, 0.2) is 91.0 Å². The number of hydrogen-bond donors (Lipinski definition) is 0. The number of unbranched alkanes of at least 4 members (excludes halogenated alkanes) is 1. The fraction of sp³-hybridized carbons (Fsp3) is 0.351. The molecule has 1 aliphatic carbocycles. The Morgan fingerprint density at radius 2 is 1.23 bits per heavy atom. The predicted molar refractivity (Wildman–Crippen MR) is 165 cm³/mol. The maximum absolute atomic E-state index is 12.1. The van der Waals surface area contributed by atoms with E-state index in [2.05, 4.69) is 86.7 Å². The topological polar surface area (TPSA) is 0 Å². The largest absolute Gasteiger partial charge is 0.266 e. The molecule has 3 aromatic carbocycles. The van der Waals surface area contributed by atoms with Gasteiger partial charge in [-0.25, -0.2) is 0 Å². The summed E-state index contributed by atoms with van der Waals surface area (Å²) in [5.41, 5.74) is 7.39. The Kier molecular flexibility index (Phi) is 10.9. The van der Waals surface area contributed by atoms with Crippen molar-refractivity contribution in [1.82, 2.24) is 0 Å². The first-order valence-corrected chi connectivity index (χ1v) is 14.7. The Morgan fingerprint density at radius 1 is 0.718 bits per heavy atom. The molecule has 0 nitrogen and oxygen atoms in total. The summed E-state index contributed by atoms with van der Waals surface area (Å²) in [5.74, 6) is 2.52. The van der Waals surface area contributed by atoms with Gasteiger partial charge in [0.25, 0.3) is 6.08 Å². The first-order chi connectivity index (χ1) is 19.0. The van der Waals surface area contributed by atoms with E-state index in [0.29, 0.717) is 12.8 Å². The van der Waals surface area contributed by atoms with Crippen LogP contribution in [0.5, 0.6) is 0 Å². The molecule has 1 fully saturated rings. The Labute approximate surface area is 234 Å². The fourth-order valence-electron chi connectivity index (χ4n) is 5.87. The number of halogens is 2. The van der Waals surface area contributed by atoms with E-state index in [1.165, 1.54) is 60.8 Å². The molecule has 0 spiro atoms. The van der Waals surface area contributed by atoms with E-state index >= 15 is 0 Å². The third-order valence-corrected chi connectivity index (χ3v) is 8.29. The lowest BCUT2D eigenvalue weighted by Gasteiger charge is -2.32. The molecular weight excluding hydrogens is 482 g/mol. The SMILES string of the molecule is CCCC(C)C1CCC(c2ccc(-c3ccc(/C=C/c4ccc(/C=C/CCC=C(F)F)cc4)cc3)cc2)CC1. The highest BCUT2D eigenvalue weighted by Crippen LogP contribution is 2.40. The van der Waals surface area contributed by atoms with Gasteiger partial charge in [-0.05, 0) is 95.7 Å². The van der Waals surface area contributed by atoms with E-state index in [-0.39, 0.29) is 0 Å². The number of rotatable bonds is 11. The highest BCUT2D eigenvalue weighted by molar-refractivity contribution is 5.72. The first-order valence-electron chi connectivity index (χ1n) is 14.7. The van der Waals surface area contributed by atoms with Gasteiger partial charge in [0.05, 0.1) is 0 Å². The summed E-state index contributed by atoms with van der Waals surface area (Å²) in [6.45, 7) is 4.76. The quantitative estimate of drug-likeness (QED) is 0.173. The lowest BCUT2D eigenvalue weighted by Crippen LogP contribution is -2.19. The maximum Gasteiger partial charge on any atom is 0.266 e. The summed E-state index contributed by atoms with van der Waals surface area (Å²) < 4.78 is 24.1. The molecule has 0 radical (unpaired) electrons. The lowest BCUT2D eigenvalue weighted by atomic mass is 9.73. The van der Waals surface area contributed by atoms with E-state index < -0.39 is 6.08 Å². The van der Waals surface area contributed by atoms with Crippen molar-refractivity contribution in [2.24, 2.45) is 11.8 Å². The van der Waals surface area contributed by atoms with Gasteiger partial charge in [-0.3, -0.25) is 0 Å². The van der Waals surface area contributed by atoms with Gasteiger partial charge in [-0.1, -0.05) is 124 Å². The van der Waals surface area contributed by atoms with Gasteiger partial charge in [0, 0.05) is 0 Å². The van der Waals surface area contributed by atoms with Crippen LogP contribution in [0.25, 0.3) is 29.4 Å². The van der Waals surface area contributed by atoms with Gasteiger partial charge in [0.15, 0.2) is 0 Å². The molecule has 0 saturated heterocycles. The molecule has 1 unspecified atom stereocenters. The second kappa shape index (κ2) is 14.8. The minimum atomic E-state index is -1.61. The zero-order chi connectivity index (χ0) is 27.5. The molecule has 4 rings (SSSR count). The van der Waals surface area contributed by atoms with Crippen LogP contribution in [0.1, 0.15) is 93.4 Å². The van der Waals surface area contributed by atoms with Crippen LogP contribution in [-0.2, 0) is 0 Å². The van der Waals surface area contributed by atoms with Gasteiger partial charge < -0.3 is 0 Å². The standard InChI is InChI=1S/C37H42F2/c1-3-7-28(2)32-20-22-34(23-21-32)36-26-24-35(25-27-36)33-18-16-31(17-19-33)15-14-30-12-10-29(11-13-30)8-5-4-6-9-37(38)39/h5,8-19,24-28,32,34H,3-4,6-7,20-23H2,1-2H3/b8-5+,15-14+. The normalized spacial score (nSPS) is 18.5. The zero-order valence-electron chi connectivity index (χ0n) is 23.5. The molecule has 0 aromatic heterocycles. The molecule has 0 N–H and O–H groups in total. The van der Waals surface area contributed by atoms with Gasteiger partial charge in [0.1, 0.15) is 0 Å². The summed E-state index contributed by atoms with van der Waals surface area (Å²) in [5, 5.41) is 0. The average molecular weight is 525 g/mol. The Balaban J connectivity index is 1.28. The molecule has 1 aliphatic rings. The number of allylic oxidation sites excluding steroid dienone is 2. The van der Waals surface area contributed by atoms with E-state index in [1.54, 1.807) is 0 Å². The Hall–Kier alpha value is -3.26. The van der Waals surface area contributed by atoms with Crippen molar-refractivity contribution in [3.05, 3.63) is 113 Å². The third-order valence-electron chi connectivity index (χ3n) is 8.29. The van der Waals surface area contributed by atoms with Gasteiger partial charge in [0.2, 0.25) is 0 Å². The molecule has 1 saturated carbocycles. The molecule has 39 heavy (non-hydrogen) atoms. The smallest absolute Gasteiger partial charge is 0.174 e. The molecular formula is C37H42F2. The number of hydrogen-bond acceptors (Lipinski definition) is 0. The second-order valence-corrected chi connectivity index (χ2v) is 11.1. The van der Waals surface area contributed by atoms with Crippen LogP contribution in [0.2, 0.25) is 0 Å². The van der Waals surface area contributed by atoms with Crippen LogP contribution in [-0.4, -0.2) is 0 Å². The zero-order valence-corrected chi connectivity index (χ0v) is 23.5. The van der Waals surface area contributed by atoms with E-state index in [9.17, 15) is 8.78 Å². The van der Waals surface area contributed by atoms with Gasteiger partial charge in [-0.2, -0.15) is 8.78 Å². The Morgan fingerprint density at radius 3 is 1.77 bits per heavy atom. The van der Waals surface area contributed by atoms with Crippen molar-refractivity contribution in [2.45, 2.75) is 71.1 Å². The monoisotopic (exact) mass is 524 g/mol. The lowest BCUT2D eigenvalue weighted by molar-refractivity contribution is 0.235. The van der Waals surface area contributed by atoms with E-state index in [4.69, 9.17) is 0 Å². The van der Waals surface area contributed by atoms with Crippen LogP contribution in [0.3, 0.4) is 0 Å². The minimum absolute atomic E-state index is 0.364. The van der Waals surface area contributed by atoms with Crippen LogP contribution < -0.4 is 0 Å². The first kappa shape index (κ1) is 28.7. The van der Waals surface area contributed by atoms with Crippen LogP contribution in [0.4, 0.5) is 8.78 Å². The molecule has 0 aliphatic heterocycles. The summed E-state index contributed by atoms with van der Waals surface area (Å²) in [4.78, 5) is 0. The second-order valence-electron chi connectivity index (χ2n) is 11.1. The summed E-state index contributed by atoms with van der Waals surface area (Å²) >= 11 is 0. The van der Waals surface area contributed by atoms with Crippen molar-refractivity contribution < 1.29 is 8.78 Å². The van der Waals surface area contributed by atoms with E-state index in [0.717, 1.165) is 35.0 Å². The summed E-state index contributed by atoms with van der Waals surface area (Å²) in [6, 6.07) is 26.3. The van der Waals surface area contributed by atoms with Crippen molar-refractivity contribution in [3.8, 4) is 11.1 Å². The minimum Gasteiger partial charge on any atom is -0.174 e. The molecule has 0 heterocycles. The number of benzene rings is 3. The highest BCUT2D eigenvalue weighted by atomic mass is 19.3.